The van der Waals surface area contributed by atoms with Crippen molar-refractivity contribution in [3.8, 4) is 5.75 Å². The smallest absolute Gasteiger partial charge is 0.322 e. The van der Waals surface area contributed by atoms with Crippen LogP contribution in [0.2, 0.25) is 0 Å². The van der Waals surface area contributed by atoms with E-state index < -0.39 is 34.0 Å². The molecule has 1 amide bonds. The summed E-state index contributed by atoms with van der Waals surface area (Å²) in [6, 6.07) is 11.0. The summed E-state index contributed by atoms with van der Waals surface area (Å²) >= 11 is 0. The number of benzene rings is 2. The molecule has 0 unspecified atom stereocenters. The Hall–Kier alpha value is -3.66. The van der Waals surface area contributed by atoms with Gasteiger partial charge in [-0.25, -0.2) is 13.4 Å². The third kappa shape index (κ3) is 3.71. The zero-order chi connectivity index (χ0) is 20.5. The molecule has 10 heteroatoms. The van der Waals surface area contributed by atoms with Gasteiger partial charge in [-0.15, -0.1) is 0 Å². The third-order valence-electron chi connectivity index (χ3n) is 3.88. The fraction of sp³-hybridized carbons (Fsp3) is 0.0556. The van der Waals surface area contributed by atoms with Crippen LogP contribution >= 0.6 is 0 Å². The van der Waals surface area contributed by atoms with Crippen LogP contribution in [0.5, 0.6) is 5.75 Å². The van der Waals surface area contributed by atoms with Gasteiger partial charge in [-0.05, 0) is 48.5 Å². The standard InChI is InChI=1S/C18H15N3O6S/c19-11-1-3-12(4-2-11)28(26,27)13-5-6-14-10(7-13)8-15(22)17(21-14)18(25)20-9-16(23)24/h1-8,22H,9,19H2,(H,20,25)(H,23,24). The van der Waals surface area contributed by atoms with Gasteiger partial charge in [0.2, 0.25) is 9.84 Å². The number of hydrogen-bond acceptors (Lipinski definition) is 7. The molecule has 3 aromatic rings. The number of rotatable bonds is 5. The van der Waals surface area contributed by atoms with Crippen molar-refractivity contribution < 1.29 is 28.2 Å². The number of carbonyl (C=O) groups excluding carboxylic acids is 1. The summed E-state index contributed by atoms with van der Waals surface area (Å²) in [6.45, 7) is -0.628. The molecule has 144 valence electrons. The normalized spacial score (nSPS) is 11.3. The Morgan fingerprint density at radius 3 is 2.32 bits per heavy atom. The molecule has 0 bridgehead atoms. The summed E-state index contributed by atoms with van der Waals surface area (Å²) in [5, 5.41) is 21.0. The van der Waals surface area contributed by atoms with E-state index in [-0.39, 0.29) is 21.0 Å². The fourth-order valence-electron chi connectivity index (χ4n) is 2.50. The lowest BCUT2D eigenvalue weighted by atomic mass is 10.2. The second kappa shape index (κ2) is 7.16. The number of sulfone groups is 1. The third-order valence-corrected chi connectivity index (χ3v) is 5.65. The molecule has 0 aliphatic heterocycles. The minimum absolute atomic E-state index is 0.0194. The summed E-state index contributed by atoms with van der Waals surface area (Å²) in [6.07, 6.45) is 0. The van der Waals surface area contributed by atoms with Gasteiger partial charge < -0.3 is 21.3 Å². The highest BCUT2D eigenvalue weighted by Gasteiger charge is 2.20. The summed E-state index contributed by atoms with van der Waals surface area (Å²) in [7, 11) is -3.81. The number of amides is 1. The fourth-order valence-corrected chi connectivity index (χ4v) is 3.80. The number of fused-ring (bicyclic) bond motifs is 1. The molecule has 1 aromatic heterocycles. The van der Waals surface area contributed by atoms with Gasteiger partial charge in [0.05, 0.1) is 15.3 Å². The van der Waals surface area contributed by atoms with E-state index in [2.05, 4.69) is 10.3 Å². The van der Waals surface area contributed by atoms with E-state index in [9.17, 15) is 23.1 Å². The van der Waals surface area contributed by atoms with Crippen LogP contribution in [0.4, 0.5) is 5.69 Å². The van der Waals surface area contributed by atoms with Gasteiger partial charge in [-0.2, -0.15) is 0 Å². The Morgan fingerprint density at radius 2 is 1.68 bits per heavy atom. The Bertz CT molecular complexity index is 1190. The number of pyridine rings is 1. The van der Waals surface area contributed by atoms with Crippen molar-refractivity contribution in [3.05, 3.63) is 54.2 Å². The maximum absolute atomic E-state index is 12.8. The monoisotopic (exact) mass is 401 g/mol. The number of nitrogens with two attached hydrogens (primary N) is 1. The summed E-state index contributed by atoms with van der Waals surface area (Å²) in [4.78, 5) is 26.5. The molecule has 0 fully saturated rings. The number of carboxylic acids is 1. The Labute approximate surface area is 159 Å². The van der Waals surface area contributed by atoms with Crippen LogP contribution in [0.1, 0.15) is 10.5 Å². The predicted octanol–water partition coefficient (Wildman–Crippen LogP) is 1.17. The number of carbonyl (C=O) groups is 2. The van der Waals surface area contributed by atoms with Crippen molar-refractivity contribution in [2.45, 2.75) is 9.79 Å². The Morgan fingerprint density at radius 1 is 1.04 bits per heavy atom. The summed E-state index contributed by atoms with van der Waals surface area (Å²) in [5.41, 5.74) is 5.91. The van der Waals surface area contributed by atoms with E-state index in [1.807, 2.05) is 0 Å². The lowest BCUT2D eigenvalue weighted by Crippen LogP contribution is -2.29. The van der Waals surface area contributed by atoms with Crippen LogP contribution in [-0.4, -0.2) is 42.0 Å². The molecule has 0 spiro atoms. The molecular formula is C18H15N3O6S. The number of nitrogen functional groups attached to an aromatic ring is 1. The van der Waals surface area contributed by atoms with E-state index in [0.29, 0.717) is 11.1 Å². The number of carboxylic acid groups (broad SMARTS) is 1. The number of aromatic hydroxyl groups is 1. The lowest BCUT2D eigenvalue weighted by Gasteiger charge is -2.09. The first-order valence-electron chi connectivity index (χ1n) is 7.93. The number of nitrogens with one attached hydrogen (secondary N) is 1. The van der Waals surface area contributed by atoms with Gasteiger partial charge in [-0.1, -0.05) is 0 Å². The van der Waals surface area contributed by atoms with Crippen LogP contribution in [0, 0.1) is 0 Å². The van der Waals surface area contributed by atoms with Crippen LogP contribution < -0.4 is 11.1 Å². The van der Waals surface area contributed by atoms with Gasteiger partial charge in [-0.3, -0.25) is 9.59 Å². The largest absolute Gasteiger partial charge is 0.505 e. The van der Waals surface area contributed by atoms with E-state index in [1.54, 1.807) is 0 Å². The quantitative estimate of drug-likeness (QED) is 0.464. The van der Waals surface area contributed by atoms with E-state index >= 15 is 0 Å². The first-order valence-corrected chi connectivity index (χ1v) is 9.41. The van der Waals surface area contributed by atoms with Crippen LogP contribution in [-0.2, 0) is 14.6 Å². The van der Waals surface area contributed by atoms with Crippen LogP contribution in [0.3, 0.4) is 0 Å². The van der Waals surface area contributed by atoms with Crippen molar-refractivity contribution in [2.75, 3.05) is 12.3 Å². The van der Waals surface area contributed by atoms with Crippen molar-refractivity contribution in [2.24, 2.45) is 0 Å². The molecule has 9 nitrogen and oxygen atoms in total. The van der Waals surface area contributed by atoms with Gasteiger partial charge in [0.15, 0.2) is 5.69 Å². The highest BCUT2D eigenvalue weighted by Crippen LogP contribution is 2.27. The Kier molecular flexibility index (Phi) is 4.89. The van der Waals surface area contributed by atoms with Gasteiger partial charge in [0, 0.05) is 11.1 Å². The maximum Gasteiger partial charge on any atom is 0.322 e. The number of aliphatic carboxylic acids is 1. The minimum Gasteiger partial charge on any atom is -0.505 e. The molecule has 28 heavy (non-hydrogen) atoms. The maximum atomic E-state index is 12.8. The molecular weight excluding hydrogens is 386 g/mol. The molecule has 0 saturated carbocycles. The summed E-state index contributed by atoms with van der Waals surface area (Å²) in [5.74, 6) is -2.61. The highest BCUT2D eigenvalue weighted by molar-refractivity contribution is 7.91. The SMILES string of the molecule is Nc1ccc(S(=O)(=O)c2ccc3nc(C(=O)NCC(=O)O)c(O)cc3c2)cc1. The molecule has 0 radical (unpaired) electrons. The average molecular weight is 401 g/mol. The van der Waals surface area contributed by atoms with Gasteiger partial charge in [0.25, 0.3) is 5.91 Å². The zero-order valence-electron chi connectivity index (χ0n) is 14.3. The number of anilines is 1. The van der Waals surface area contributed by atoms with E-state index in [4.69, 9.17) is 10.8 Å². The molecule has 0 saturated heterocycles. The molecule has 1 heterocycles. The number of aromatic nitrogens is 1. The minimum atomic E-state index is -3.81. The van der Waals surface area contributed by atoms with Crippen molar-refractivity contribution in [1.29, 1.82) is 0 Å². The average Bonchev–Trinajstić information content (AvgIpc) is 2.65. The number of hydrogen-bond donors (Lipinski definition) is 4. The van der Waals surface area contributed by atoms with E-state index in [1.165, 1.54) is 48.5 Å². The molecule has 2 aromatic carbocycles. The van der Waals surface area contributed by atoms with Gasteiger partial charge >= 0.3 is 5.97 Å². The zero-order valence-corrected chi connectivity index (χ0v) is 15.1. The summed E-state index contributed by atoms with van der Waals surface area (Å²) < 4.78 is 25.5. The Balaban J connectivity index is 2.00. The second-order valence-electron chi connectivity index (χ2n) is 5.86. The predicted molar refractivity (Wildman–Crippen MR) is 99.7 cm³/mol. The van der Waals surface area contributed by atoms with Gasteiger partial charge in [0.1, 0.15) is 12.3 Å². The van der Waals surface area contributed by atoms with Crippen molar-refractivity contribution in [3.63, 3.8) is 0 Å². The second-order valence-corrected chi connectivity index (χ2v) is 7.81. The van der Waals surface area contributed by atoms with Crippen molar-refractivity contribution in [1.82, 2.24) is 10.3 Å². The molecule has 0 atom stereocenters. The molecule has 0 aliphatic carbocycles. The first-order chi connectivity index (χ1) is 13.2. The molecule has 5 N–H and O–H groups in total. The lowest BCUT2D eigenvalue weighted by molar-refractivity contribution is -0.135. The number of nitrogens with zero attached hydrogens (tertiary/aromatic N) is 1. The topological polar surface area (TPSA) is 160 Å². The highest BCUT2D eigenvalue weighted by atomic mass is 32.2. The van der Waals surface area contributed by atoms with Crippen LogP contribution in [0.15, 0.2) is 58.3 Å². The van der Waals surface area contributed by atoms with Crippen molar-refractivity contribution >= 4 is 38.3 Å². The van der Waals surface area contributed by atoms with Crippen LogP contribution in [0.25, 0.3) is 10.9 Å². The molecule has 3 rings (SSSR count). The first kappa shape index (κ1) is 19.1. The van der Waals surface area contributed by atoms with E-state index in [0.717, 1.165) is 0 Å². The molecule has 0 aliphatic rings.